The zero-order valence-corrected chi connectivity index (χ0v) is 18.9. The minimum absolute atomic E-state index is 0.142. The number of hydrogen-bond acceptors (Lipinski definition) is 3. The van der Waals surface area contributed by atoms with Crippen molar-refractivity contribution in [3.05, 3.63) is 65.7 Å². The maximum absolute atomic E-state index is 12.6. The zero-order valence-electron chi connectivity index (χ0n) is 18.9. The lowest BCUT2D eigenvalue weighted by Crippen LogP contribution is -2.33. The molecule has 168 valence electrons. The van der Waals surface area contributed by atoms with Crippen LogP contribution in [0.5, 0.6) is 0 Å². The molecule has 1 N–H and O–H groups in total. The molecule has 1 heterocycles. The van der Waals surface area contributed by atoms with E-state index in [4.69, 9.17) is 0 Å². The van der Waals surface area contributed by atoms with Gasteiger partial charge in [0, 0.05) is 43.0 Å². The summed E-state index contributed by atoms with van der Waals surface area (Å²) in [5.74, 6) is 0.0389. The van der Waals surface area contributed by atoms with Gasteiger partial charge in [-0.3, -0.25) is 14.5 Å². The number of para-hydroxylation sites is 1. The molecule has 5 nitrogen and oxygen atoms in total. The van der Waals surface area contributed by atoms with Crippen molar-refractivity contribution in [2.24, 2.45) is 0 Å². The van der Waals surface area contributed by atoms with Crippen LogP contribution in [0.2, 0.25) is 0 Å². The number of nitrogens with zero attached hydrogens (tertiary/aromatic N) is 2. The Kier molecular flexibility index (Phi) is 7.38. The number of rotatable bonds is 7. The molecule has 2 aromatic rings. The van der Waals surface area contributed by atoms with E-state index in [0.717, 1.165) is 42.0 Å². The van der Waals surface area contributed by atoms with Gasteiger partial charge in [-0.15, -0.1) is 0 Å². The lowest BCUT2D eigenvalue weighted by atomic mass is 9.94. The maximum Gasteiger partial charge on any atom is 0.248 e. The van der Waals surface area contributed by atoms with Crippen molar-refractivity contribution in [2.75, 3.05) is 23.8 Å². The van der Waals surface area contributed by atoms with Crippen LogP contribution < -0.4 is 10.2 Å². The van der Waals surface area contributed by atoms with E-state index < -0.39 is 0 Å². The summed E-state index contributed by atoms with van der Waals surface area (Å²) >= 11 is 0. The minimum Gasteiger partial charge on any atom is -0.322 e. The first-order valence-electron chi connectivity index (χ1n) is 11.8. The summed E-state index contributed by atoms with van der Waals surface area (Å²) in [7, 11) is 2.19. The highest BCUT2D eigenvalue weighted by Gasteiger charge is 2.21. The van der Waals surface area contributed by atoms with E-state index >= 15 is 0 Å². The van der Waals surface area contributed by atoms with Gasteiger partial charge in [0.25, 0.3) is 0 Å². The first-order valence-corrected chi connectivity index (χ1v) is 11.8. The van der Waals surface area contributed by atoms with Crippen molar-refractivity contribution in [1.29, 1.82) is 0 Å². The Hall–Kier alpha value is -2.92. The summed E-state index contributed by atoms with van der Waals surface area (Å²) in [6, 6.07) is 16.5. The van der Waals surface area contributed by atoms with Gasteiger partial charge < -0.3 is 10.2 Å². The number of carbonyl (C=O) groups is 2. The molecule has 1 aliphatic carbocycles. The lowest BCUT2D eigenvalue weighted by molar-refractivity contribution is -0.117. The summed E-state index contributed by atoms with van der Waals surface area (Å²) in [6.07, 6.45) is 11.4. The van der Waals surface area contributed by atoms with Crippen molar-refractivity contribution in [2.45, 2.75) is 57.5 Å². The average Bonchev–Trinajstić information content (AvgIpc) is 3.25. The topological polar surface area (TPSA) is 52.7 Å². The molecule has 0 atom stereocenters. The van der Waals surface area contributed by atoms with Gasteiger partial charge in [0.15, 0.2) is 0 Å². The van der Waals surface area contributed by atoms with Crippen LogP contribution in [0.15, 0.2) is 54.6 Å². The van der Waals surface area contributed by atoms with Gasteiger partial charge in [0.2, 0.25) is 11.8 Å². The smallest absolute Gasteiger partial charge is 0.248 e. The van der Waals surface area contributed by atoms with Crippen LogP contribution in [-0.4, -0.2) is 36.3 Å². The second-order valence-electron chi connectivity index (χ2n) is 8.93. The monoisotopic (exact) mass is 431 g/mol. The second-order valence-corrected chi connectivity index (χ2v) is 8.93. The van der Waals surface area contributed by atoms with E-state index in [1.807, 2.05) is 53.4 Å². The lowest BCUT2D eigenvalue weighted by Gasteiger charge is -2.31. The van der Waals surface area contributed by atoms with E-state index in [9.17, 15) is 9.59 Å². The van der Waals surface area contributed by atoms with Crippen LogP contribution in [-0.2, 0) is 16.1 Å². The number of hydrogen-bond donors (Lipinski definition) is 1. The Morgan fingerprint density at radius 3 is 2.53 bits per heavy atom. The quantitative estimate of drug-likeness (QED) is 0.611. The van der Waals surface area contributed by atoms with Crippen LogP contribution in [0, 0.1) is 0 Å². The number of amides is 2. The fourth-order valence-electron chi connectivity index (χ4n) is 4.73. The molecule has 2 amide bonds. The second kappa shape index (κ2) is 10.6. The Morgan fingerprint density at radius 2 is 1.81 bits per heavy atom. The van der Waals surface area contributed by atoms with Gasteiger partial charge in [-0.05, 0) is 61.7 Å². The highest BCUT2D eigenvalue weighted by Crippen LogP contribution is 2.25. The first kappa shape index (κ1) is 22.3. The van der Waals surface area contributed by atoms with Gasteiger partial charge >= 0.3 is 0 Å². The van der Waals surface area contributed by atoms with Gasteiger partial charge in [0.05, 0.1) is 0 Å². The highest BCUT2D eigenvalue weighted by molar-refractivity contribution is 6.02. The minimum atomic E-state index is -0.142. The fourth-order valence-corrected chi connectivity index (χ4v) is 4.73. The molecule has 0 radical (unpaired) electrons. The van der Waals surface area contributed by atoms with Crippen molar-refractivity contribution < 1.29 is 9.59 Å². The molecule has 1 aliphatic heterocycles. The van der Waals surface area contributed by atoms with Gasteiger partial charge in [-0.2, -0.15) is 0 Å². The number of carbonyl (C=O) groups excluding carboxylic acids is 2. The van der Waals surface area contributed by atoms with Gasteiger partial charge in [0.1, 0.15) is 0 Å². The highest BCUT2D eigenvalue weighted by atomic mass is 16.2. The molecule has 5 heteroatoms. The zero-order chi connectivity index (χ0) is 22.3. The van der Waals surface area contributed by atoms with Crippen LogP contribution in [0.1, 0.15) is 56.1 Å². The number of nitrogens with one attached hydrogen (secondary N) is 1. The van der Waals surface area contributed by atoms with Gasteiger partial charge in [-0.25, -0.2) is 0 Å². The Balaban J connectivity index is 1.35. The molecule has 4 rings (SSSR count). The molecule has 2 fully saturated rings. The molecule has 32 heavy (non-hydrogen) atoms. The molecule has 1 saturated heterocycles. The van der Waals surface area contributed by atoms with Crippen molar-refractivity contribution in [1.82, 2.24) is 4.90 Å². The van der Waals surface area contributed by atoms with E-state index in [1.165, 1.54) is 32.1 Å². The Morgan fingerprint density at radius 1 is 1.06 bits per heavy atom. The molecular weight excluding hydrogens is 398 g/mol. The molecule has 2 aromatic carbocycles. The van der Waals surface area contributed by atoms with E-state index in [-0.39, 0.29) is 11.8 Å². The summed E-state index contributed by atoms with van der Waals surface area (Å²) in [4.78, 5) is 28.7. The predicted molar refractivity (Wildman–Crippen MR) is 130 cm³/mol. The third-order valence-corrected chi connectivity index (χ3v) is 6.60. The van der Waals surface area contributed by atoms with Crippen LogP contribution in [0.4, 0.5) is 11.4 Å². The van der Waals surface area contributed by atoms with Crippen LogP contribution in [0.3, 0.4) is 0 Å². The van der Waals surface area contributed by atoms with Crippen LogP contribution in [0.25, 0.3) is 6.08 Å². The molecule has 0 spiro atoms. The number of anilines is 2. The Labute approximate surface area is 191 Å². The van der Waals surface area contributed by atoms with E-state index in [1.54, 1.807) is 6.08 Å². The van der Waals surface area contributed by atoms with Gasteiger partial charge in [-0.1, -0.05) is 49.6 Å². The van der Waals surface area contributed by atoms with Crippen LogP contribution >= 0.6 is 0 Å². The molecule has 0 aromatic heterocycles. The van der Waals surface area contributed by atoms with E-state index in [2.05, 4.69) is 23.3 Å². The molecular formula is C27H33N3O2. The third-order valence-electron chi connectivity index (χ3n) is 6.60. The summed E-state index contributed by atoms with van der Waals surface area (Å²) in [6.45, 7) is 1.62. The summed E-state index contributed by atoms with van der Waals surface area (Å²) in [5, 5.41) is 3.05. The van der Waals surface area contributed by atoms with E-state index in [0.29, 0.717) is 12.5 Å². The Bertz CT molecular complexity index is 961. The molecule has 2 aliphatic rings. The first-order chi connectivity index (χ1) is 15.6. The maximum atomic E-state index is 12.6. The molecule has 0 bridgehead atoms. The van der Waals surface area contributed by atoms with Crippen molar-refractivity contribution in [3.8, 4) is 0 Å². The third kappa shape index (κ3) is 5.65. The largest absolute Gasteiger partial charge is 0.322 e. The molecule has 0 unspecified atom stereocenters. The number of benzene rings is 2. The fraction of sp³-hybridized carbons (Fsp3) is 0.407. The van der Waals surface area contributed by atoms with Crippen molar-refractivity contribution in [3.63, 3.8) is 0 Å². The molecule has 1 saturated carbocycles. The standard InChI is InChI=1S/C27H33N3O2/c1-29(23-9-3-2-4-10-23)20-22-8-5-6-11-25(22)28-26(31)18-15-21-13-16-24(17-14-21)30-19-7-12-27(30)32/h5-6,8,11,13-18,23H,2-4,7,9-10,12,19-20H2,1H3,(H,28,31). The van der Waals surface area contributed by atoms with Crippen molar-refractivity contribution >= 4 is 29.3 Å². The summed E-state index contributed by atoms with van der Waals surface area (Å²) < 4.78 is 0. The SMILES string of the molecule is CN(Cc1ccccc1NC(=O)C=Cc1ccc(N2CCCC2=O)cc1)C1CCCCC1. The summed E-state index contributed by atoms with van der Waals surface area (Å²) in [5.41, 5.74) is 3.86. The predicted octanol–water partition coefficient (Wildman–Crippen LogP) is 5.23. The average molecular weight is 432 g/mol. The normalized spacial score (nSPS) is 17.4.